The first-order chi connectivity index (χ1) is 9.38. The number of hydrogen-bond acceptors (Lipinski definition) is 3. The van der Waals surface area contributed by atoms with Crippen molar-refractivity contribution in [2.75, 3.05) is 0 Å². The van der Waals surface area contributed by atoms with Crippen LogP contribution in [0.2, 0.25) is 0 Å². The highest BCUT2D eigenvalue weighted by Gasteiger charge is 2.15. The number of carbonyl (C=O) groups excluding carboxylic acids is 1. The molecule has 0 aliphatic rings. The molecule has 1 aromatic rings. The van der Waals surface area contributed by atoms with Gasteiger partial charge in [0, 0.05) is 12.1 Å². The van der Waals surface area contributed by atoms with Crippen LogP contribution in [0.4, 0.5) is 0 Å². The van der Waals surface area contributed by atoms with Gasteiger partial charge in [0.15, 0.2) is 0 Å². The fourth-order valence-electron chi connectivity index (χ4n) is 2.04. The van der Waals surface area contributed by atoms with Gasteiger partial charge in [0.05, 0.1) is 6.04 Å². The van der Waals surface area contributed by atoms with E-state index in [4.69, 9.17) is 0 Å². The Morgan fingerprint density at radius 3 is 2.30 bits per heavy atom. The summed E-state index contributed by atoms with van der Waals surface area (Å²) in [5, 5.41) is 15.4. The molecule has 0 aliphatic heterocycles. The second kappa shape index (κ2) is 7.90. The van der Waals surface area contributed by atoms with Crippen LogP contribution in [-0.4, -0.2) is 29.1 Å². The van der Waals surface area contributed by atoms with Crippen LogP contribution in [0, 0.1) is 0 Å². The lowest BCUT2D eigenvalue weighted by atomic mass is 10.1. The number of nitrogens with one attached hydrogen (secondary N) is 2. The van der Waals surface area contributed by atoms with Crippen LogP contribution in [0.5, 0.6) is 5.75 Å². The van der Waals surface area contributed by atoms with Gasteiger partial charge in [-0.2, -0.15) is 0 Å². The molecule has 112 valence electrons. The minimum atomic E-state index is -0.188. The number of aromatic hydroxyl groups is 1. The molecule has 1 amide bonds. The van der Waals surface area contributed by atoms with Crippen molar-refractivity contribution in [3.8, 4) is 5.75 Å². The molecule has 0 spiro atoms. The molecule has 4 heteroatoms. The maximum absolute atomic E-state index is 11.8. The van der Waals surface area contributed by atoms with Crippen LogP contribution >= 0.6 is 0 Å². The highest BCUT2D eigenvalue weighted by Crippen LogP contribution is 2.12. The average Bonchev–Trinajstić information content (AvgIpc) is 2.37. The highest BCUT2D eigenvalue weighted by atomic mass is 16.3. The number of phenols is 1. The van der Waals surface area contributed by atoms with Gasteiger partial charge in [-0.05, 0) is 58.2 Å². The smallest absolute Gasteiger partial charge is 0.237 e. The number of benzene rings is 1. The number of hydrogen-bond donors (Lipinski definition) is 3. The van der Waals surface area contributed by atoms with Crippen molar-refractivity contribution in [3.63, 3.8) is 0 Å². The normalized spacial score (nSPS) is 14.1. The summed E-state index contributed by atoms with van der Waals surface area (Å²) in [5.41, 5.74) is 1.19. The molecule has 0 fully saturated rings. The van der Waals surface area contributed by atoms with Crippen molar-refractivity contribution in [1.29, 1.82) is 0 Å². The largest absolute Gasteiger partial charge is 0.508 e. The van der Waals surface area contributed by atoms with Crippen LogP contribution in [0.25, 0.3) is 0 Å². The monoisotopic (exact) mass is 278 g/mol. The van der Waals surface area contributed by atoms with Crippen molar-refractivity contribution in [1.82, 2.24) is 10.6 Å². The Bertz CT molecular complexity index is 415. The number of aryl methyl sites for hydroxylation is 1. The van der Waals surface area contributed by atoms with Gasteiger partial charge in [0.2, 0.25) is 5.91 Å². The van der Waals surface area contributed by atoms with E-state index in [1.165, 1.54) is 5.56 Å². The molecule has 2 unspecified atom stereocenters. The molecule has 0 saturated heterocycles. The lowest BCUT2D eigenvalue weighted by molar-refractivity contribution is -0.123. The maximum Gasteiger partial charge on any atom is 0.237 e. The standard InChI is InChI=1S/C16H26N2O2/c1-11(2)17-16(20)13(4)18-12(3)5-6-14-7-9-15(19)10-8-14/h7-13,18-19H,5-6H2,1-4H3,(H,17,20). The van der Waals surface area contributed by atoms with E-state index in [9.17, 15) is 9.90 Å². The van der Waals surface area contributed by atoms with Crippen molar-refractivity contribution < 1.29 is 9.90 Å². The molecular formula is C16H26N2O2. The second-order valence-electron chi connectivity index (χ2n) is 5.66. The maximum atomic E-state index is 11.8. The number of rotatable bonds is 7. The summed E-state index contributed by atoms with van der Waals surface area (Å²) < 4.78 is 0. The van der Waals surface area contributed by atoms with E-state index in [0.717, 1.165) is 12.8 Å². The van der Waals surface area contributed by atoms with E-state index in [-0.39, 0.29) is 24.0 Å². The lowest BCUT2D eigenvalue weighted by Crippen LogP contribution is -2.47. The Hall–Kier alpha value is -1.55. The van der Waals surface area contributed by atoms with Crippen molar-refractivity contribution >= 4 is 5.91 Å². The number of phenolic OH excluding ortho intramolecular Hbond substituents is 1. The fraction of sp³-hybridized carbons (Fsp3) is 0.562. The zero-order valence-corrected chi connectivity index (χ0v) is 12.8. The molecule has 0 heterocycles. The van der Waals surface area contributed by atoms with Crippen LogP contribution < -0.4 is 10.6 Å². The van der Waals surface area contributed by atoms with E-state index in [0.29, 0.717) is 5.75 Å². The molecule has 0 aliphatic carbocycles. The summed E-state index contributed by atoms with van der Waals surface area (Å²) in [7, 11) is 0. The van der Waals surface area contributed by atoms with Gasteiger partial charge in [0.25, 0.3) is 0 Å². The summed E-state index contributed by atoms with van der Waals surface area (Å²) >= 11 is 0. The van der Waals surface area contributed by atoms with Gasteiger partial charge >= 0.3 is 0 Å². The van der Waals surface area contributed by atoms with E-state index < -0.39 is 0 Å². The van der Waals surface area contributed by atoms with E-state index in [1.807, 2.05) is 32.9 Å². The summed E-state index contributed by atoms with van der Waals surface area (Å²) in [6, 6.07) is 7.50. The summed E-state index contributed by atoms with van der Waals surface area (Å²) in [6.45, 7) is 7.88. The molecule has 3 N–H and O–H groups in total. The first-order valence-electron chi connectivity index (χ1n) is 7.23. The predicted octanol–water partition coefficient (Wildman–Crippen LogP) is 2.22. The third-order valence-corrected chi connectivity index (χ3v) is 3.16. The summed E-state index contributed by atoms with van der Waals surface area (Å²) in [5.74, 6) is 0.329. The Morgan fingerprint density at radius 1 is 1.15 bits per heavy atom. The molecule has 4 nitrogen and oxygen atoms in total. The van der Waals surface area contributed by atoms with E-state index in [2.05, 4.69) is 17.6 Å². The van der Waals surface area contributed by atoms with Crippen molar-refractivity contribution in [2.45, 2.75) is 58.7 Å². The van der Waals surface area contributed by atoms with Crippen LogP contribution in [0.3, 0.4) is 0 Å². The van der Waals surface area contributed by atoms with Gasteiger partial charge in [-0.15, -0.1) is 0 Å². The summed E-state index contributed by atoms with van der Waals surface area (Å²) in [4.78, 5) is 11.8. The van der Waals surface area contributed by atoms with Gasteiger partial charge in [-0.1, -0.05) is 12.1 Å². The molecule has 0 saturated carbocycles. The topological polar surface area (TPSA) is 61.4 Å². The minimum Gasteiger partial charge on any atom is -0.508 e. The van der Waals surface area contributed by atoms with E-state index in [1.54, 1.807) is 12.1 Å². The molecule has 0 radical (unpaired) electrons. The van der Waals surface area contributed by atoms with Crippen LogP contribution in [0.1, 0.15) is 39.7 Å². The fourth-order valence-corrected chi connectivity index (χ4v) is 2.04. The Kier molecular flexibility index (Phi) is 6.52. The average molecular weight is 278 g/mol. The molecule has 0 aromatic heterocycles. The predicted molar refractivity (Wildman–Crippen MR) is 81.8 cm³/mol. The van der Waals surface area contributed by atoms with Gasteiger partial charge in [0.1, 0.15) is 5.75 Å². The highest BCUT2D eigenvalue weighted by molar-refractivity contribution is 5.81. The van der Waals surface area contributed by atoms with Gasteiger partial charge in [-0.25, -0.2) is 0 Å². The zero-order chi connectivity index (χ0) is 15.1. The zero-order valence-electron chi connectivity index (χ0n) is 12.8. The molecule has 0 bridgehead atoms. The number of amides is 1. The third-order valence-electron chi connectivity index (χ3n) is 3.16. The Labute approximate surface area is 121 Å². The second-order valence-corrected chi connectivity index (χ2v) is 5.66. The first-order valence-corrected chi connectivity index (χ1v) is 7.23. The molecular weight excluding hydrogens is 252 g/mol. The Balaban J connectivity index is 2.34. The Morgan fingerprint density at radius 2 is 1.75 bits per heavy atom. The van der Waals surface area contributed by atoms with E-state index >= 15 is 0 Å². The van der Waals surface area contributed by atoms with Crippen LogP contribution in [0.15, 0.2) is 24.3 Å². The van der Waals surface area contributed by atoms with Crippen LogP contribution in [-0.2, 0) is 11.2 Å². The number of carbonyl (C=O) groups is 1. The minimum absolute atomic E-state index is 0.0384. The van der Waals surface area contributed by atoms with Crippen molar-refractivity contribution in [2.24, 2.45) is 0 Å². The molecule has 1 rings (SSSR count). The van der Waals surface area contributed by atoms with Crippen molar-refractivity contribution in [3.05, 3.63) is 29.8 Å². The molecule has 1 aromatic carbocycles. The third kappa shape index (κ3) is 6.06. The molecule has 20 heavy (non-hydrogen) atoms. The van der Waals surface area contributed by atoms with Gasteiger partial charge < -0.3 is 15.7 Å². The quantitative estimate of drug-likeness (QED) is 0.716. The SMILES string of the molecule is CC(C)NC(=O)C(C)NC(C)CCc1ccc(O)cc1. The molecule has 2 atom stereocenters. The summed E-state index contributed by atoms with van der Waals surface area (Å²) in [6.07, 6.45) is 1.87. The lowest BCUT2D eigenvalue weighted by Gasteiger charge is -2.20. The van der Waals surface area contributed by atoms with Gasteiger partial charge in [-0.3, -0.25) is 4.79 Å². The first kappa shape index (κ1) is 16.5.